The first-order chi connectivity index (χ1) is 9.22. The van der Waals surface area contributed by atoms with E-state index in [9.17, 15) is 9.18 Å². The number of carbonyl (C=O) groups is 1. The lowest BCUT2D eigenvalue weighted by molar-refractivity contribution is -0.116. The average Bonchev–Trinajstić information content (AvgIpc) is 2.34. The summed E-state index contributed by atoms with van der Waals surface area (Å²) >= 11 is 0. The number of nitrogens with one attached hydrogen (secondary N) is 1. The number of anilines is 1. The number of benzene rings is 1. The zero-order valence-corrected chi connectivity index (χ0v) is 13.1. The lowest BCUT2D eigenvalue weighted by Gasteiger charge is -2.21. The van der Waals surface area contributed by atoms with Gasteiger partial charge in [-0.25, -0.2) is 4.39 Å². The third kappa shape index (κ3) is 5.29. The van der Waals surface area contributed by atoms with Gasteiger partial charge in [-0.05, 0) is 42.8 Å². The van der Waals surface area contributed by atoms with E-state index in [4.69, 9.17) is 0 Å². The molecule has 0 aromatic heterocycles. The van der Waals surface area contributed by atoms with Crippen LogP contribution in [0.1, 0.15) is 38.3 Å². The molecule has 0 unspecified atom stereocenters. The normalized spacial score (nSPS) is 11.8. The van der Waals surface area contributed by atoms with Gasteiger partial charge in [0.2, 0.25) is 5.91 Å². The van der Waals surface area contributed by atoms with Crippen LogP contribution in [0.25, 0.3) is 0 Å². The van der Waals surface area contributed by atoms with Gasteiger partial charge in [0.05, 0.1) is 0 Å². The molecular weight excluding hydrogens is 255 g/mol. The van der Waals surface area contributed by atoms with E-state index in [-0.39, 0.29) is 11.3 Å². The topological polar surface area (TPSA) is 32.3 Å². The predicted molar refractivity (Wildman–Crippen MR) is 81.8 cm³/mol. The Kier molecular flexibility index (Phi) is 5.69. The molecule has 0 fully saturated rings. The second-order valence-corrected chi connectivity index (χ2v) is 6.40. The fraction of sp³-hybridized carbons (Fsp3) is 0.562. The summed E-state index contributed by atoms with van der Waals surface area (Å²) < 4.78 is 12.9. The summed E-state index contributed by atoms with van der Waals surface area (Å²) in [5, 5.41) is 2.85. The molecule has 0 aliphatic carbocycles. The zero-order valence-electron chi connectivity index (χ0n) is 13.1. The van der Waals surface area contributed by atoms with Crippen LogP contribution in [0.15, 0.2) is 18.2 Å². The number of hydrogen-bond donors (Lipinski definition) is 1. The van der Waals surface area contributed by atoms with E-state index in [1.54, 1.807) is 6.07 Å². The maximum atomic E-state index is 12.9. The number of carbonyl (C=O) groups excluding carboxylic acids is 1. The van der Waals surface area contributed by atoms with Gasteiger partial charge in [-0.1, -0.05) is 26.8 Å². The molecule has 0 spiro atoms. The van der Waals surface area contributed by atoms with Crippen LogP contribution in [-0.4, -0.2) is 31.4 Å². The average molecular weight is 280 g/mol. The maximum absolute atomic E-state index is 12.9. The molecule has 1 N–H and O–H groups in total. The van der Waals surface area contributed by atoms with Gasteiger partial charge >= 0.3 is 0 Å². The highest BCUT2D eigenvalue weighted by Crippen LogP contribution is 2.27. The highest BCUT2D eigenvalue weighted by Gasteiger charge is 2.16. The molecule has 0 bridgehead atoms. The molecule has 1 rings (SSSR count). The van der Waals surface area contributed by atoms with Gasteiger partial charge < -0.3 is 10.2 Å². The highest BCUT2D eigenvalue weighted by atomic mass is 19.1. The van der Waals surface area contributed by atoms with Crippen molar-refractivity contribution in [2.45, 2.75) is 39.3 Å². The van der Waals surface area contributed by atoms with Crippen LogP contribution in [-0.2, 0) is 16.9 Å². The maximum Gasteiger partial charge on any atom is 0.225 e. The van der Waals surface area contributed by atoms with Crippen LogP contribution in [0, 0.1) is 0 Å². The molecule has 1 aromatic carbocycles. The van der Waals surface area contributed by atoms with Crippen LogP contribution in [0.5, 0.6) is 0 Å². The summed E-state index contributed by atoms with van der Waals surface area (Å²) in [6.45, 7) is 6.39. The summed E-state index contributed by atoms with van der Waals surface area (Å²) in [6.07, 6.45) is 0.428. The number of nitrogens with zero attached hydrogens (tertiary/aromatic N) is 1. The van der Waals surface area contributed by atoms with Crippen molar-refractivity contribution >= 4 is 11.6 Å². The number of amides is 1. The number of hydrogen-bond acceptors (Lipinski definition) is 2. The fourth-order valence-electron chi connectivity index (χ4n) is 1.82. The lowest BCUT2D eigenvalue weighted by Crippen LogP contribution is -2.21. The Bertz CT molecular complexity index is 464. The summed E-state index contributed by atoms with van der Waals surface area (Å²) in [6, 6.07) is 5.48. The smallest absolute Gasteiger partial charge is 0.225 e. The van der Waals surface area contributed by atoms with Gasteiger partial charge in [0, 0.05) is 18.7 Å². The van der Waals surface area contributed by atoms with Crippen LogP contribution < -0.4 is 5.32 Å². The molecule has 0 radical (unpaired) electrons. The Hall–Kier alpha value is -1.42. The number of halogens is 1. The molecule has 0 aliphatic rings. The largest absolute Gasteiger partial charge is 0.326 e. The second-order valence-electron chi connectivity index (χ2n) is 6.40. The molecule has 0 saturated heterocycles. The SMILES string of the molecule is CN(C)CCC(=O)Nc1cc(CF)cc(C(C)(C)C)c1. The van der Waals surface area contributed by atoms with E-state index in [0.717, 1.165) is 5.56 Å². The molecule has 0 aliphatic heterocycles. The molecule has 20 heavy (non-hydrogen) atoms. The van der Waals surface area contributed by atoms with Crippen LogP contribution in [0.2, 0.25) is 0 Å². The third-order valence-corrected chi connectivity index (χ3v) is 3.08. The Labute approximate surface area is 121 Å². The van der Waals surface area contributed by atoms with E-state index < -0.39 is 6.67 Å². The summed E-state index contributed by atoms with van der Waals surface area (Å²) in [5.74, 6) is -0.0467. The zero-order chi connectivity index (χ0) is 15.3. The molecule has 0 heterocycles. The molecule has 1 aromatic rings. The highest BCUT2D eigenvalue weighted by molar-refractivity contribution is 5.91. The van der Waals surface area contributed by atoms with Crippen molar-refractivity contribution < 1.29 is 9.18 Å². The minimum absolute atomic E-state index is 0.0467. The Balaban J connectivity index is 2.86. The molecule has 3 nitrogen and oxygen atoms in total. The summed E-state index contributed by atoms with van der Waals surface area (Å²) in [7, 11) is 3.85. The standard InChI is InChI=1S/C16H25FN2O/c1-16(2,3)13-8-12(11-17)9-14(10-13)18-15(20)6-7-19(4)5/h8-10H,6-7,11H2,1-5H3,(H,18,20). The van der Waals surface area contributed by atoms with Gasteiger partial charge in [0.1, 0.15) is 6.67 Å². The van der Waals surface area contributed by atoms with Gasteiger partial charge in [0.25, 0.3) is 0 Å². The molecule has 112 valence electrons. The molecule has 4 heteroatoms. The first-order valence-corrected chi connectivity index (χ1v) is 6.87. The number of rotatable bonds is 5. The van der Waals surface area contributed by atoms with Crippen LogP contribution in [0.3, 0.4) is 0 Å². The van der Waals surface area contributed by atoms with E-state index in [1.807, 2.05) is 31.1 Å². The van der Waals surface area contributed by atoms with Gasteiger partial charge in [0.15, 0.2) is 0 Å². The monoisotopic (exact) mass is 280 g/mol. The fourth-order valence-corrected chi connectivity index (χ4v) is 1.82. The van der Waals surface area contributed by atoms with Crippen molar-refractivity contribution in [3.63, 3.8) is 0 Å². The minimum Gasteiger partial charge on any atom is -0.326 e. The summed E-state index contributed by atoms with van der Waals surface area (Å²) in [4.78, 5) is 13.8. The van der Waals surface area contributed by atoms with E-state index in [0.29, 0.717) is 24.2 Å². The molecule has 0 saturated carbocycles. The predicted octanol–water partition coefficient (Wildman–Crippen LogP) is 3.34. The number of alkyl halides is 1. The summed E-state index contributed by atoms with van der Waals surface area (Å²) in [5.41, 5.74) is 2.22. The van der Waals surface area contributed by atoms with Gasteiger partial charge in [-0.3, -0.25) is 4.79 Å². The van der Waals surface area contributed by atoms with Crippen molar-refractivity contribution in [2.24, 2.45) is 0 Å². The Morgan fingerprint density at radius 2 is 1.90 bits per heavy atom. The second kappa shape index (κ2) is 6.84. The quantitative estimate of drug-likeness (QED) is 0.897. The van der Waals surface area contributed by atoms with Crippen molar-refractivity contribution in [1.82, 2.24) is 4.90 Å². The van der Waals surface area contributed by atoms with E-state index >= 15 is 0 Å². The first-order valence-electron chi connectivity index (χ1n) is 6.87. The van der Waals surface area contributed by atoms with Crippen molar-refractivity contribution in [3.8, 4) is 0 Å². The van der Waals surface area contributed by atoms with Crippen LogP contribution >= 0.6 is 0 Å². The van der Waals surface area contributed by atoms with Gasteiger partial charge in [-0.15, -0.1) is 0 Å². The first kappa shape index (κ1) is 16.6. The van der Waals surface area contributed by atoms with Crippen molar-refractivity contribution in [1.29, 1.82) is 0 Å². The van der Waals surface area contributed by atoms with Gasteiger partial charge in [-0.2, -0.15) is 0 Å². The lowest BCUT2D eigenvalue weighted by atomic mass is 9.86. The van der Waals surface area contributed by atoms with Crippen molar-refractivity contribution in [2.75, 3.05) is 26.0 Å². The molecule has 1 amide bonds. The van der Waals surface area contributed by atoms with Crippen LogP contribution in [0.4, 0.5) is 10.1 Å². The van der Waals surface area contributed by atoms with Crippen molar-refractivity contribution in [3.05, 3.63) is 29.3 Å². The van der Waals surface area contributed by atoms with E-state index in [2.05, 4.69) is 26.1 Å². The Morgan fingerprint density at radius 3 is 2.40 bits per heavy atom. The molecular formula is C16H25FN2O. The third-order valence-electron chi connectivity index (χ3n) is 3.08. The Morgan fingerprint density at radius 1 is 1.25 bits per heavy atom. The minimum atomic E-state index is -0.523. The van der Waals surface area contributed by atoms with E-state index in [1.165, 1.54) is 0 Å². The molecule has 0 atom stereocenters.